The molecule has 0 radical (unpaired) electrons. The molecular weight excluding hydrogens is 316 g/mol. The second kappa shape index (κ2) is 8.85. The Labute approximate surface area is 149 Å². The van der Waals surface area contributed by atoms with E-state index >= 15 is 0 Å². The van der Waals surface area contributed by atoms with E-state index in [1.165, 1.54) is 0 Å². The summed E-state index contributed by atoms with van der Waals surface area (Å²) in [6, 6.07) is 9.66. The first-order valence-corrected chi connectivity index (χ1v) is 9.27. The highest BCUT2D eigenvalue weighted by molar-refractivity contribution is 5.78. The average molecular weight is 344 g/mol. The van der Waals surface area contributed by atoms with E-state index in [1.807, 2.05) is 35.2 Å². The van der Waals surface area contributed by atoms with Gasteiger partial charge in [0, 0.05) is 25.6 Å². The monoisotopic (exact) mass is 344 g/mol. The highest BCUT2D eigenvalue weighted by Crippen LogP contribution is 2.19. The van der Waals surface area contributed by atoms with Crippen molar-refractivity contribution in [2.75, 3.05) is 32.7 Å². The molecule has 0 aliphatic carbocycles. The molecule has 1 amide bonds. The van der Waals surface area contributed by atoms with Crippen LogP contribution in [0.15, 0.2) is 30.3 Å². The number of hydrogen-bond donors (Lipinski definition) is 3. The van der Waals surface area contributed by atoms with Crippen molar-refractivity contribution in [1.29, 1.82) is 5.41 Å². The van der Waals surface area contributed by atoms with Gasteiger partial charge in [0.1, 0.15) is 5.75 Å². The van der Waals surface area contributed by atoms with E-state index in [2.05, 4.69) is 10.6 Å². The van der Waals surface area contributed by atoms with Crippen LogP contribution in [0.5, 0.6) is 5.75 Å². The Morgan fingerprint density at radius 2 is 1.84 bits per heavy atom. The van der Waals surface area contributed by atoms with Crippen LogP contribution in [0.25, 0.3) is 0 Å². The van der Waals surface area contributed by atoms with Gasteiger partial charge in [-0.2, -0.15) is 0 Å². The molecular formula is C19H28N4O2. The summed E-state index contributed by atoms with van der Waals surface area (Å²) in [7, 11) is 0. The number of piperidine rings is 2. The van der Waals surface area contributed by atoms with Crippen LogP contribution in [0.1, 0.15) is 25.7 Å². The normalized spacial score (nSPS) is 19.4. The molecule has 2 aliphatic rings. The molecule has 1 aromatic carbocycles. The van der Waals surface area contributed by atoms with Crippen molar-refractivity contribution in [3.8, 4) is 5.75 Å². The molecule has 0 bridgehead atoms. The van der Waals surface area contributed by atoms with Gasteiger partial charge in [-0.05, 0) is 56.8 Å². The van der Waals surface area contributed by atoms with Crippen molar-refractivity contribution in [3.63, 3.8) is 0 Å². The lowest BCUT2D eigenvalue weighted by Crippen LogP contribution is -2.44. The minimum atomic E-state index is 0.175. The van der Waals surface area contributed by atoms with E-state index in [0.29, 0.717) is 11.7 Å². The Morgan fingerprint density at radius 3 is 2.52 bits per heavy atom. The molecule has 0 atom stereocenters. The van der Waals surface area contributed by atoms with E-state index in [-0.39, 0.29) is 17.8 Å². The third-order valence-corrected chi connectivity index (χ3v) is 5.13. The zero-order valence-electron chi connectivity index (χ0n) is 14.7. The van der Waals surface area contributed by atoms with Gasteiger partial charge in [-0.1, -0.05) is 18.2 Å². The van der Waals surface area contributed by atoms with Crippen molar-refractivity contribution in [2.45, 2.75) is 25.7 Å². The van der Waals surface area contributed by atoms with Crippen LogP contribution in [0.2, 0.25) is 0 Å². The molecule has 2 aliphatic heterocycles. The number of carbonyl (C=O) groups is 1. The fraction of sp³-hybridized carbons (Fsp3) is 0.579. The topological polar surface area (TPSA) is 77.5 Å². The fourth-order valence-electron chi connectivity index (χ4n) is 3.48. The lowest BCUT2D eigenvalue weighted by atomic mass is 9.95. The standard InChI is InChI=1S/C19H28N4O2/c20-19(25-17-4-2-1-3-5-17)23-12-8-15(9-13-23)14-22-18(24)16-6-10-21-11-7-16/h1-5,15-16,20-21H,6-14H2,(H,22,24). The maximum absolute atomic E-state index is 12.2. The van der Waals surface area contributed by atoms with E-state index in [9.17, 15) is 4.79 Å². The summed E-state index contributed by atoms with van der Waals surface area (Å²) in [4.78, 5) is 14.2. The van der Waals surface area contributed by atoms with Crippen LogP contribution >= 0.6 is 0 Å². The van der Waals surface area contributed by atoms with Gasteiger partial charge >= 0.3 is 0 Å². The number of ether oxygens (including phenoxy) is 1. The molecule has 2 heterocycles. The van der Waals surface area contributed by atoms with E-state index in [1.54, 1.807) is 0 Å². The Balaban J connectivity index is 1.36. The Bertz CT molecular complexity index is 564. The first-order chi connectivity index (χ1) is 12.2. The number of hydrogen-bond acceptors (Lipinski definition) is 4. The third kappa shape index (κ3) is 5.19. The Hall–Kier alpha value is -2.08. The molecule has 6 nitrogen and oxygen atoms in total. The number of likely N-dealkylation sites (tertiary alicyclic amines) is 1. The number of amidine groups is 1. The maximum atomic E-state index is 12.2. The van der Waals surface area contributed by atoms with Crippen molar-refractivity contribution >= 4 is 11.9 Å². The molecule has 6 heteroatoms. The van der Waals surface area contributed by atoms with Crippen molar-refractivity contribution in [1.82, 2.24) is 15.5 Å². The first kappa shape index (κ1) is 17.7. The second-order valence-electron chi connectivity index (χ2n) is 6.92. The third-order valence-electron chi connectivity index (χ3n) is 5.13. The predicted molar refractivity (Wildman–Crippen MR) is 97.7 cm³/mol. The minimum Gasteiger partial charge on any atom is -0.426 e. The number of amides is 1. The molecule has 0 aromatic heterocycles. The summed E-state index contributed by atoms with van der Waals surface area (Å²) in [6.07, 6.45) is 3.84. The molecule has 1 aromatic rings. The molecule has 0 saturated carbocycles. The lowest BCUT2D eigenvalue weighted by molar-refractivity contribution is -0.126. The average Bonchev–Trinajstić information content (AvgIpc) is 2.68. The first-order valence-electron chi connectivity index (χ1n) is 9.27. The molecule has 0 spiro atoms. The number of para-hydroxylation sites is 1. The van der Waals surface area contributed by atoms with Crippen molar-refractivity contribution in [3.05, 3.63) is 30.3 Å². The van der Waals surface area contributed by atoms with Gasteiger partial charge in [-0.25, -0.2) is 0 Å². The fourth-order valence-corrected chi connectivity index (χ4v) is 3.48. The molecule has 2 fully saturated rings. The van der Waals surface area contributed by atoms with Gasteiger partial charge in [-0.15, -0.1) is 0 Å². The van der Waals surface area contributed by atoms with Gasteiger partial charge < -0.3 is 20.3 Å². The number of carbonyl (C=O) groups excluding carboxylic acids is 1. The largest absolute Gasteiger partial charge is 0.426 e. The molecule has 2 saturated heterocycles. The highest BCUT2D eigenvalue weighted by atomic mass is 16.5. The second-order valence-corrected chi connectivity index (χ2v) is 6.92. The maximum Gasteiger partial charge on any atom is 0.289 e. The summed E-state index contributed by atoms with van der Waals surface area (Å²) < 4.78 is 5.60. The SMILES string of the molecule is N=C(Oc1ccccc1)N1CCC(CNC(=O)C2CCNCC2)CC1. The predicted octanol–water partition coefficient (Wildman–Crippen LogP) is 1.83. The van der Waals surface area contributed by atoms with E-state index in [4.69, 9.17) is 10.1 Å². The number of nitrogens with one attached hydrogen (secondary N) is 3. The molecule has 0 unspecified atom stereocenters. The van der Waals surface area contributed by atoms with Gasteiger partial charge in [0.05, 0.1) is 0 Å². The molecule has 136 valence electrons. The van der Waals surface area contributed by atoms with Crippen molar-refractivity contribution in [2.24, 2.45) is 11.8 Å². The van der Waals surface area contributed by atoms with Crippen LogP contribution in [0.4, 0.5) is 0 Å². The van der Waals surface area contributed by atoms with Crippen LogP contribution in [0, 0.1) is 17.2 Å². The quantitative estimate of drug-likeness (QED) is 0.575. The zero-order valence-corrected chi connectivity index (χ0v) is 14.7. The van der Waals surface area contributed by atoms with Crippen LogP contribution in [0.3, 0.4) is 0 Å². The highest BCUT2D eigenvalue weighted by Gasteiger charge is 2.25. The summed E-state index contributed by atoms with van der Waals surface area (Å²) in [5.74, 6) is 1.58. The molecule has 3 N–H and O–H groups in total. The molecule has 25 heavy (non-hydrogen) atoms. The Morgan fingerprint density at radius 1 is 1.16 bits per heavy atom. The van der Waals surface area contributed by atoms with Gasteiger partial charge in [0.15, 0.2) is 0 Å². The van der Waals surface area contributed by atoms with Gasteiger partial charge in [-0.3, -0.25) is 10.2 Å². The van der Waals surface area contributed by atoms with Crippen molar-refractivity contribution < 1.29 is 9.53 Å². The van der Waals surface area contributed by atoms with Gasteiger partial charge in [0.25, 0.3) is 6.02 Å². The number of benzene rings is 1. The summed E-state index contributed by atoms with van der Waals surface area (Å²) >= 11 is 0. The van der Waals surface area contributed by atoms with E-state index in [0.717, 1.165) is 58.4 Å². The molecule has 3 rings (SSSR count). The zero-order chi connectivity index (χ0) is 17.5. The smallest absolute Gasteiger partial charge is 0.289 e. The number of rotatable bonds is 4. The van der Waals surface area contributed by atoms with Crippen LogP contribution < -0.4 is 15.4 Å². The lowest BCUT2D eigenvalue weighted by Gasteiger charge is -2.33. The van der Waals surface area contributed by atoms with Gasteiger partial charge in [0.2, 0.25) is 5.91 Å². The summed E-state index contributed by atoms with van der Waals surface area (Å²) in [5, 5.41) is 14.5. The van der Waals surface area contributed by atoms with Crippen LogP contribution in [-0.2, 0) is 4.79 Å². The minimum absolute atomic E-state index is 0.175. The Kier molecular flexibility index (Phi) is 6.28. The van der Waals surface area contributed by atoms with Crippen LogP contribution in [-0.4, -0.2) is 49.6 Å². The van der Waals surface area contributed by atoms with E-state index < -0.39 is 0 Å². The summed E-state index contributed by atoms with van der Waals surface area (Å²) in [6.45, 7) is 4.25. The number of nitrogens with zero attached hydrogens (tertiary/aromatic N) is 1. The summed E-state index contributed by atoms with van der Waals surface area (Å²) in [5.41, 5.74) is 0.